The SMILES string of the molecule is CCCC(OC)C(N)CC1CC2CCC1C2. The summed E-state index contributed by atoms with van der Waals surface area (Å²) in [4.78, 5) is 0. The average Bonchev–Trinajstić information content (AvgIpc) is 2.87. The van der Waals surface area contributed by atoms with E-state index in [2.05, 4.69) is 6.92 Å². The summed E-state index contributed by atoms with van der Waals surface area (Å²) in [6.45, 7) is 2.20. The molecule has 2 bridgehead atoms. The van der Waals surface area contributed by atoms with Crippen LogP contribution in [0.15, 0.2) is 0 Å². The molecule has 0 spiro atoms. The Morgan fingerprint density at radius 3 is 2.62 bits per heavy atom. The van der Waals surface area contributed by atoms with E-state index >= 15 is 0 Å². The fourth-order valence-electron chi connectivity index (χ4n) is 3.96. The highest BCUT2D eigenvalue weighted by molar-refractivity contribution is 4.92. The minimum Gasteiger partial charge on any atom is -0.380 e. The van der Waals surface area contributed by atoms with E-state index in [0.717, 1.165) is 24.2 Å². The molecule has 0 aromatic carbocycles. The summed E-state index contributed by atoms with van der Waals surface area (Å²) in [5, 5.41) is 0. The zero-order valence-electron chi connectivity index (χ0n) is 10.8. The van der Waals surface area contributed by atoms with Crippen LogP contribution in [0.25, 0.3) is 0 Å². The number of nitrogens with two attached hydrogens (primary N) is 1. The van der Waals surface area contributed by atoms with Crippen LogP contribution in [0.3, 0.4) is 0 Å². The molecular weight excluding hydrogens is 198 g/mol. The first kappa shape index (κ1) is 12.4. The van der Waals surface area contributed by atoms with Crippen molar-refractivity contribution in [3.05, 3.63) is 0 Å². The van der Waals surface area contributed by atoms with Gasteiger partial charge in [0.2, 0.25) is 0 Å². The lowest BCUT2D eigenvalue weighted by Gasteiger charge is -2.28. The molecule has 94 valence electrons. The Bertz CT molecular complexity index is 219. The summed E-state index contributed by atoms with van der Waals surface area (Å²) in [6, 6.07) is 0.259. The molecule has 2 fully saturated rings. The summed E-state index contributed by atoms with van der Waals surface area (Å²) in [5.41, 5.74) is 6.30. The second-order valence-corrected chi connectivity index (χ2v) is 5.90. The van der Waals surface area contributed by atoms with E-state index < -0.39 is 0 Å². The lowest BCUT2D eigenvalue weighted by molar-refractivity contribution is 0.0616. The number of hydrogen-bond donors (Lipinski definition) is 1. The van der Waals surface area contributed by atoms with Gasteiger partial charge in [-0.15, -0.1) is 0 Å². The third kappa shape index (κ3) is 2.60. The van der Waals surface area contributed by atoms with Crippen LogP contribution in [-0.2, 0) is 4.74 Å². The maximum atomic E-state index is 6.30. The van der Waals surface area contributed by atoms with Crippen molar-refractivity contribution in [3.8, 4) is 0 Å². The molecule has 0 heterocycles. The van der Waals surface area contributed by atoms with Crippen molar-refractivity contribution in [1.82, 2.24) is 0 Å². The molecule has 2 saturated carbocycles. The van der Waals surface area contributed by atoms with Crippen LogP contribution in [0.5, 0.6) is 0 Å². The van der Waals surface area contributed by atoms with Crippen molar-refractivity contribution < 1.29 is 4.74 Å². The predicted molar refractivity (Wildman–Crippen MR) is 67.2 cm³/mol. The number of ether oxygens (including phenoxy) is 1. The first-order valence-electron chi connectivity index (χ1n) is 7.03. The zero-order valence-corrected chi connectivity index (χ0v) is 10.8. The van der Waals surface area contributed by atoms with Crippen molar-refractivity contribution >= 4 is 0 Å². The molecule has 0 saturated heterocycles. The van der Waals surface area contributed by atoms with Crippen molar-refractivity contribution in [2.24, 2.45) is 23.5 Å². The minimum absolute atomic E-state index is 0.259. The first-order valence-corrected chi connectivity index (χ1v) is 7.03. The topological polar surface area (TPSA) is 35.2 Å². The molecule has 2 rings (SSSR count). The Morgan fingerprint density at radius 1 is 1.31 bits per heavy atom. The fraction of sp³-hybridized carbons (Fsp3) is 1.00. The van der Waals surface area contributed by atoms with E-state index in [0.29, 0.717) is 0 Å². The highest BCUT2D eigenvalue weighted by Gasteiger charge is 2.40. The van der Waals surface area contributed by atoms with E-state index in [1.807, 2.05) is 0 Å². The van der Waals surface area contributed by atoms with Crippen molar-refractivity contribution in [2.75, 3.05) is 7.11 Å². The summed E-state index contributed by atoms with van der Waals surface area (Å²) in [7, 11) is 1.81. The fourth-order valence-corrected chi connectivity index (χ4v) is 3.96. The lowest BCUT2D eigenvalue weighted by atomic mass is 9.83. The highest BCUT2D eigenvalue weighted by Crippen LogP contribution is 2.49. The van der Waals surface area contributed by atoms with Crippen LogP contribution in [0.2, 0.25) is 0 Å². The molecule has 2 nitrogen and oxygen atoms in total. The van der Waals surface area contributed by atoms with Gasteiger partial charge < -0.3 is 10.5 Å². The van der Waals surface area contributed by atoms with Crippen LogP contribution < -0.4 is 5.73 Å². The van der Waals surface area contributed by atoms with Gasteiger partial charge in [-0.1, -0.05) is 19.8 Å². The summed E-state index contributed by atoms with van der Waals surface area (Å²) < 4.78 is 5.52. The quantitative estimate of drug-likeness (QED) is 0.754. The van der Waals surface area contributed by atoms with Gasteiger partial charge in [0.1, 0.15) is 0 Å². The molecule has 5 unspecified atom stereocenters. The largest absolute Gasteiger partial charge is 0.380 e. The third-order valence-electron chi connectivity index (χ3n) is 4.81. The van der Waals surface area contributed by atoms with Gasteiger partial charge >= 0.3 is 0 Å². The average molecular weight is 225 g/mol. The van der Waals surface area contributed by atoms with Gasteiger partial charge in [-0.25, -0.2) is 0 Å². The van der Waals surface area contributed by atoms with Gasteiger partial charge in [-0.05, 0) is 49.9 Å². The Balaban J connectivity index is 1.79. The second-order valence-electron chi connectivity index (χ2n) is 5.90. The van der Waals surface area contributed by atoms with Crippen molar-refractivity contribution in [1.29, 1.82) is 0 Å². The maximum Gasteiger partial charge on any atom is 0.0722 e. The first-order chi connectivity index (χ1) is 7.74. The molecule has 0 radical (unpaired) electrons. The van der Waals surface area contributed by atoms with Crippen LogP contribution in [0.1, 0.15) is 51.9 Å². The number of methoxy groups -OCH3 is 1. The van der Waals surface area contributed by atoms with E-state index in [1.54, 1.807) is 7.11 Å². The molecule has 0 aromatic rings. The zero-order chi connectivity index (χ0) is 11.5. The third-order valence-corrected chi connectivity index (χ3v) is 4.81. The standard InChI is InChI=1S/C14H27NO/c1-3-4-14(16-2)13(15)9-12-8-10-5-6-11(12)7-10/h10-14H,3-9,15H2,1-2H3. The summed E-state index contributed by atoms with van der Waals surface area (Å²) in [6.07, 6.45) is 9.64. The van der Waals surface area contributed by atoms with E-state index in [4.69, 9.17) is 10.5 Å². The molecule has 2 heteroatoms. The predicted octanol–water partition coefficient (Wildman–Crippen LogP) is 2.96. The van der Waals surface area contributed by atoms with Crippen LogP contribution in [0.4, 0.5) is 0 Å². The Morgan fingerprint density at radius 2 is 2.12 bits per heavy atom. The molecule has 0 amide bonds. The smallest absolute Gasteiger partial charge is 0.0722 e. The second kappa shape index (κ2) is 5.50. The van der Waals surface area contributed by atoms with Crippen molar-refractivity contribution in [3.63, 3.8) is 0 Å². The van der Waals surface area contributed by atoms with E-state index in [1.165, 1.54) is 38.5 Å². The van der Waals surface area contributed by atoms with Gasteiger partial charge in [0, 0.05) is 13.2 Å². The molecule has 2 aliphatic carbocycles. The molecule has 16 heavy (non-hydrogen) atoms. The Labute approximate surface area is 99.9 Å². The molecule has 2 N–H and O–H groups in total. The number of fused-ring (bicyclic) bond motifs is 2. The lowest BCUT2D eigenvalue weighted by Crippen LogP contribution is -2.38. The maximum absolute atomic E-state index is 6.30. The van der Waals surface area contributed by atoms with E-state index in [9.17, 15) is 0 Å². The summed E-state index contributed by atoms with van der Waals surface area (Å²) in [5.74, 6) is 2.94. The number of rotatable bonds is 6. The van der Waals surface area contributed by atoms with Gasteiger partial charge in [0.05, 0.1) is 6.10 Å². The van der Waals surface area contributed by atoms with Crippen LogP contribution in [-0.4, -0.2) is 19.3 Å². The molecule has 0 aliphatic heterocycles. The highest BCUT2D eigenvalue weighted by atomic mass is 16.5. The Hall–Kier alpha value is -0.0800. The summed E-state index contributed by atoms with van der Waals surface area (Å²) >= 11 is 0. The van der Waals surface area contributed by atoms with Crippen LogP contribution in [0, 0.1) is 17.8 Å². The molecule has 5 atom stereocenters. The van der Waals surface area contributed by atoms with Gasteiger partial charge in [0.25, 0.3) is 0 Å². The minimum atomic E-state index is 0.259. The number of hydrogen-bond acceptors (Lipinski definition) is 2. The molecular formula is C14H27NO. The normalized spacial score (nSPS) is 36.6. The van der Waals surface area contributed by atoms with Crippen molar-refractivity contribution in [2.45, 2.75) is 64.0 Å². The Kier molecular flexibility index (Phi) is 4.26. The van der Waals surface area contributed by atoms with E-state index in [-0.39, 0.29) is 12.1 Å². The van der Waals surface area contributed by atoms with Gasteiger partial charge in [-0.3, -0.25) is 0 Å². The molecule has 0 aromatic heterocycles. The monoisotopic (exact) mass is 225 g/mol. The van der Waals surface area contributed by atoms with Gasteiger partial charge in [-0.2, -0.15) is 0 Å². The molecule has 2 aliphatic rings. The van der Waals surface area contributed by atoms with Crippen LogP contribution >= 0.6 is 0 Å². The van der Waals surface area contributed by atoms with Gasteiger partial charge in [0.15, 0.2) is 0 Å².